The van der Waals surface area contributed by atoms with Crippen molar-refractivity contribution in [1.82, 2.24) is 10.2 Å². The lowest BCUT2D eigenvalue weighted by Crippen LogP contribution is -2.52. The standard InChI is InChI=1S/C34H46ClN3O4S/c1-4-6-15-36-33(40)31(5-2)37(22-24-7-11-29(35)12-8-24)32(39)23-38(43(3,41)42)30-13-9-28(10-14-30)34-19-25-16-26(20-34)18-27(17-25)21-34/h7-14,25-27,31H,4-6,15-23H2,1-3H3,(H,36,40)/t25?,26?,27?,31-,34?/m1/s1. The van der Waals surface area contributed by atoms with Crippen molar-refractivity contribution in [1.29, 1.82) is 0 Å². The largest absolute Gasteiger partial charge is 0.354 e. The summed E-state index contributed by atoms with van der Waals surface area (Å²) in [7, 11) is -3.79. The second-order valence-corrected chi connectivity index (χ2v) is 15.6. The van der Waals surface area contributed by atoms with Gasteiger partial charge in [-0.3, -0.25) is 13.9 Å². The molecule has 4 bridgehead atoms. The van der Waals surface area contributed by atoms with Gasteiger partial charge >= 0.3 is 0 Å². The molecule has 0 spiro atoms. The maximum absolute atomic E-state index is 14.0. The highest BCUT2D eigenvalue weighted by molar-refractivity contribution is 7.92. The molecule has 0 aromatic heterocycles. The molecule has 43 heavy (non-hydrogen) atoms. The van der Waals surface area contributed by atoms with Crippen LogP contribution in [0.15, 0.2) is 48.5 Å². The van der Waals surface area contributed by atoms with E-state index in [2.05, 4.69) is 24.4 Å². The number of halogens is 1. The number of nitrogens with one attached hydrogen (secondary N) is 1. The summed E-state index contributed by atoms with van der Waals surface area (Å²) in [4.78, 5) is 28.7. The number of hydrogen-bond donors (Lipinski definition) is 1. The average molecular weight is 628 g/mol. The first-order valence-electron chi connectivity index (χ1n) is 15.9. The average Bonchev–Trinajstić information content (AvgIpc) is 2.95. The van der Waals surface area contributed by atoms with Crippen LogP contribution in [0.25, 0.3) is 0 Å². The summed E-state index contributed by atoms with van der Waals surface area (Å²) in [6.07, 6.45) is 11.1. The van der Waals surface area contributed by atoms with Crippen LogP contribution >= 0.6 is 11.6 Å². The van der Waals surface area contributed by atoms with Crippen LogP contribution in [0.1, 0.15) is 82.8 Å². The number of benzene rings is 2. The quantitative estimate of drug-likeness (QED) is 0.264. The molecule has 4 aliphatic rings. The van der Waals surface area contributed by atoms with E-state index in [9.17, 15) is 18.0 Å². The molecule has 4 aliphatic carbocycles. The first kappa shape index (κ1) is 31.8. The normalized spacial score (nSPS) is 24.9. The van der Waals surface area contributed by atoms with E-state index >= 15 is 0 Å². The van der Waals surface area contributed by atoms with E-state index in [1.54, 1.807) is 12.1 Å². The molecule has 2 amide bonds. The van der Waals surface area contributed by atoms with Crippen LogP contribution in [0.4, 0.5) is 5.69 Å². The van der Waals surface area contributed by atoms with Crippen molar-refractivity contribution < 1.29 is 18.0 Å². The van der Waals surface area contributed by atoms with Crippen LogP contribution in [0.5, 0.6) is 0 Å². The molecule has 0 aliphatic heterocycles. The molecule has 6 rings (SSSR count). The minimum absolute atomic E-state index is 0.165. The van der Waals surface area contributed by atoms with Gasteiger partial charge in [0.05, 0.1) is 11.9 Å². The third-order valence-electron chi connectivity index (χ3n) is 9.97. The second kappa shape index (κ2) is 13.2. The zero-order chi connectivity index (χ0) is 30.8. The predicted molar refractivity (Wildman–Crippen MR) is 172 cm³/mol. The van der Waals surface area contributed by atoms with Gasteiger partial charge in [-0.15, -0.1) is 0 Å². The molecule has 2 aromatic rings. The van der Waals surface area contributed by atoms with Gasteiger partial charge < -0.3 is 10.2 Å². The number of carbonyl (C=O) groups excluding carboxylic acids is 2. The fraction of sp³-hybridized carbons (Fsp3) is 0.588. The second-order valence-electron chi connectivity index (χ2n) is 13.2. The van der Waals surface area contributed by atoms with Crippen LogP contribution in [0.2, 0.25) is 5.02 Å². The fourth-order valence-corrected chi connectivity index (χ4v) is 9.25. The number of hydrogen-bond acceptors (Lipinski definition) is 4. The van der Waals surface area contributed by atoms with Gasteiger partial charge in [-0.05, 0) is 110 Å². The first-order valence-corrected chi connectivity index (χ1v) is 18.1. The summed E-state index contributed by atoms with van der Waals surface area (Å²) in [5.41, 5.74) is 2.78. The lowest BCUT2D eigenvalue weighted by molar-refractivity contribution is -0.140. The van der Waals surface area contributed by atoms with Gasteiger partial charge in [0.15, 0.2) is 0 Å². The third kappa shape index (κ3) is 7.22. The van der Waals surface area contributed by atoms with E-state index in [4.69, 9.17) is 11.6 Å². The SMILES string of the molecule is CCCCNC(=O)[C@@H](CC)N(Cc1ccc(Cl)cc1)C(=O)CN(c1ccc(C23CC4CC(CC(C4)C2)C3)cc1)S(C)(=O)=O. The summed E-state index contributed by atoms with van der Waals surface area (Å²) < 4.78 is 27.4. The Bertz CT molecular complexity index is 1360. The van der Waals surface area contributed by atoms with E-state index < -0.39 is 22.0 Å². The Hall–Kier alpha value is -2.58. The van der Waals surface area contributed by atoms with Gasteiger partial charge in [-0.2, -0.15) is 0 Å². The Labute approximate surface area is 262 Å². The van der Waals surface area contributed by atoms with Crippen molar-refractivity contribution in [3.05, 3.63) is 64.7 Å². The first-order chi connectivity index (χ1) is 20.5. The predicted octanol–water partition coefficient (Wildman–Crippen LogP) is 6.30. The fourth-order valence-electron chi connectivity index (χ4n) is 8.27. The topological polar surface area (TPSA) is 86.8 Å². The molecule has 1 N–H and O–H groups in total. The smallest absolute Gasteiger partial charge is 0.244 e. The molecule has 2 aromatic carbocycles. The Balaban J connectivity index is 1.38. The van der Waals surface area contributed by atoms with Gasteiger partial charge in [0, 0.05) is 18.1 Å². The molecule has 234 valence electrons. The number of unbranched alkanes of at least 4 members (excludes halogenated alkanes) is 1. The Kier molecular flexibility index (Phi) is 9.76. The summed E-state index contributed by atoms with van der Waals surface area (Å²) in [5.74, 6) is 1.78. The summed E-state index contributed by atoms with van der Waals surface area (Å²) in [5, 5.41) is 3.53. The van der Waals surface area contributed by atoms with Crippen molar-refractivity contribution in [3.63, 3.8) is 0 Å². The molecule has 0 radical (unpaired) electrons. The maximum Gasteiger partial charge on any atom is 0.244 e. The zero-order valence-electron chi connectivity index (χ0n) is 25.7. The number of anilines is 1. The van der Waals surface area contributed by atoms with Gasteiger partial charge in [0.25, 0.3) is 0 Å². The molecule has 1 atom stereocenters. The maximum atomic E-state index is 14.0. The van der Waals surface area contributed by atoms with Crippen LogP contribution in [0, 0.1) is 17.8 Å². The van der Waals surface area contributed by atoms with Crippen LogP contribution in [-0.2, 0) is 31.6 Å². The molecule has 0 heterocycles. The van der Waals surface area contributed by atoms with E-state index in [0.717, 1.165) is 42.4 Å². The Morgan fingerprint density at radius 2 is 1.53 bits per heavy atom. The molecule has 0 saturated heterocycles. The van der Waals surface area contributed by atoms with Gasteiger partial charge in [-0.1, -0.05) is 56.1 Å². The van der Waals surface area contributed by atoms with E-state index in [0.29, 0.717) is 23.7 Å². The number of rotatable bonds is 13. The van der Waals surface area contributed by atoms with E-state index in [1.807, 2.05) is 31.2 Å². The lowest BCUT2D eigenvalue weighted by Gasteiger charge is -2.57. The molecule has 4 fully saturated rings. The highest BCUT2D eigenvalue weighted by atomic mass is 35.5. The highest BCUT2D eigenvalue weighted by Crippen LogP contribution is 2.60. The van der Waals surface area contributed by atoms with Crippen molar-refractivity contribution >= 4 is 39.1 Å². The summed E-state index contributed by atoms with van der Waals surface area (Å²) in [6, 6.07) is 14.3. The van der Waals surface area contributed by atoms with Crippen molar-refractivity contribution in [3.8, 4) is 0 Å². The number of amides is 2. The van der Waals surface area contributed by atoms with E-state index in [1.165, 1.54) is 53.3 Å². The molecule has 0 unspecified atom stereocenters. The van der Waals surface area contributed by atoms with Crippen molar-refractivity contribution in [2.45, 2.75) is 89.6 Å². The Morgan fingerprint density at radius 3 is 2.05 bits per heavy atom. The van der Waals surface area contributed by atoms with Crippen molar-refractivity contribution in [2.24, 2.45) is 17.8 Å². The van der Waals surface area contributed by atoms with Gasteiger partial charge in [0.1, 0.15) is 12.6 Å². The lowest BCUT2D eigenvalue weighted by atomic mass is 9.48. The van der Waals surface area contributed by atoms with Crippen LogP contribution in [0.3, 0.4) is 0 Å². The molecule has 9 heteroatoms. The molecular weight excluding hydrogens is 582 g/mol. The van der Waals surface area contributed by atoms with Crippen LogP contribution in [-0.4, -0.2) is 50.5 Å². The monoisotopic (exact) mass is 627 g/mol. The minimum Gasteiger partial charge on any atom is -0.354 e. The number of carbonyl (C=O) groups is 2. The number of sulfonamides is 1. The molecule has 7 nitrogen and oxygen atoms in total. The van der Waals surface area contributed by atoms with E-state index in [-0.39, 0.29) is 24.4 Å². The number of nitrogens with zero attached hydrogens (tertiary/aromatic N) is 2. The van der Waals surface area contributed by atoms with Gasteiger partial charge in [-0.25, -0.2) is 8.42 Å². The molecular formula is C34H46ClN3O4S. The molecule has 4 saturated carbocycles. The Morgan fingerprint density at radius 1 is 0.953 bits per heavy atom. The highest BCUT2D eigenvalue weighted by Gasteiger charge is 2.51. The third-order valence-corrected chi connectivity index (χ3v) is 11.4. The minimum atomic E-state index is -3.79. The zero-order valence-corrected chi connectivity index (χ0v) is 27.3. The summed E-state index contributed by atoms with van der Waals surface area (Å²) >= 11 is 6.09. The van der Waals surface area contributed by atoms with Crippen molar-refractivity contribution in [2.75, 3.05) is 23.7 Å². The summed E-state index contributed by atoms with van der Waals surface area (Å²) in [6.45, 7) is 4.22. The van der Waals surface area contributed by atoms with Crippen LogP contribution < -0.4 is 9.62 Å². The van der Waals surface area contributed by atoms with Gasteiger partial charge in [0.2, 0.25) is 21.8 Å².